The molecule has 2 aromatic rings. The molecule has 17 heavy (non-hydrogen) atoms. The number of hydrogen-bond donors (Lipinski definition) is 0. The summed E-state index contributed by atoms with van der Waals surface area (Å²) in [6.45, 7) is 0. The monoisotopic (exact) mass is 332 g/mol. The van der Waals surface area contributed by atoms with E-state index in [1.165, 1.54) is 6.07 Å². The van der Waals surface area contributed by atoms with Gasteiger partial charge in [-0.3, -0.25) is 0 Å². The van der Waals surface area contributed by atoms with Gasteiger partial charge in [0.15, 0.2) is 0 Å². The van der Waals surface area contributed by atoms with Crippen molar-refractivity contribution in [2.45, 2.75) is 5.33 Å². The predicted octanol–water partition coefficient (Wildman–Crippen LogP) is 5.69. The maximum absolute atomic E-state index is 13.7. The van der Waals surface area contributed by atoms with Gasteiger partial charge < -0.3 is 0 Å². The highest BCUT2D eigenvalue weighted by Crippen LogP contribution is 2.34. The van der Waals surface area contributed by atoms with Gasteiger partial charge in [-0.2, -0.15) is 0 Å². The third-order valence-electron chi connectivity index (χ3n) is 2.46. The van der Waals surface area contributed by atoms with E-state index in [2.05, 4.69) is 15.9 Å². The van der Waals surface area contributed by atoms with Crippen LogP contribution in [0.3, 0.4) is 0 Å². The van der Waals surface area contributed by atoms with Crippen molar-refractivity contribution in [1.82, 2.24) is 0 Å². The van der Waals surface area contributed by atoms with Gasteiger partial charge in [-0.25, -0.2) is 4.39 Å². The highest BCUT2D eigenvalue weighted by atomic mass is 79.9. The molecule has 0 aliphatic rings. The Labute approximate surface area is 117 Å². The van der Waals surface area contributed by atoms with Crippen LogP contribution in [-0.4, -0.2) is 0 Å². The minimum atomic E-state index is -0.254. The lowest BCUT2D eigenvalue weighted by atomic mass is 10.0. The van der Waals surface area contributed by atoms with Gasteiger partial charge in [-0.05, 0) is 23.3 Å². The Bertz CT molecular complexity index is 555. The Balaban J connectivity index is 2.54. The molecule has 0 N–H and O–H groups in total. The molecule has 0 atom stereocenters. The van der Waals surface area contributed by atoms with E-state index >= 15 is 0 Å². The van der Waals surface area contributed by atoms with Crippen molar-refractivity contribution in [3.8, 4) is 11.1 Å². The smallest absolute Gasteiger partial charge is 0.127 e. The molecule has 0 unspecified atom stereocenters. The molecule has 0 heterocycles. The molecule has 0 fully saturated rings. The molecule has 0 aliphatic heterocycles. The zero-order chi connectivity index (χ0) is 12.4. The maximum Gasteiger partial charge on any atom is 0.127 e. The highest BCUT2D eigenvalue weighted by molar-refractivity contribution is 9.08. The molecule has 0 spiro atoms. The molecule has 0 radical (unpaired) electrons. The molecular weight excluding hydrogens is 326 g/mol. The van der Waals surface area contributed by atoms with E-state index < -0.39 is 0 Å². The topological polar surface area (TPSA) is 0 Å². The van der Waals surface area contributed by atoms with Crippen LogP contribution in [0.4, 0.5) is 4.39 Å². The average Bonchev–Trinajstić information content (AvgIpc) is 2.32. The molecule has 2 aromatic carbocycles. The third-order valence-corrected chi connectivity index (χ3v) is 3.88. The highest BCUT2D eigenvalue weighted by Gasteiger charge is 2.09. The van der Waals surface area contributed by atoms with Gasteiger partial charge in [0.05, 0.1) is 10.0 Å². The second kappa shape index (κ2) is 5.38. The van der Waals surface area contributed by atoms with E-state index in [1.807, 2.05) is 12.1 Å². The molecule has 88 valence electrons. The van der Waals surface area contributed by atoms with Gasteiger partial charge in [0.1, 0.15) is 5.82 Å². The summed E-state index contributed by atoms with van der Waals surface area (Å²) < 4.78 is 13.7. The van der Waals surface area contributed by atoms with Crippen LogP contribution >= 0.6 is 39.1 Å². The van der Waals surface area contributed by atoms with Crippen LogP contribution in [0.25, 0.3) is 11.1 Å². The summed E-state index contributed by atoms with van der Waals surface area (Å²) in [5, 5.41) is 1.40. The summed E-state index contributed by atoms with van der Waals surface area (Å²) in [6, 6.07) is 10.3. The Morgan fingerprint density at radius 2 is 1.88 bits per heavy atom. The Morgan fingerprint density at radius 3 is 2.53 bits per heavy atom. The standard InChI is InChI=1S/C13H8BrCl2F/c14-7-9-5-4-8(6-12(9)17)10-2-1-3-11(15)13(10)16/h1-6H,7H2. The zero-order valence-corrected chi connectivity index (χ0v) is 11.8. The van der Waals surface area contributed by atoms with Crippen molar-refractivity contribution < 1.29 is 4.39 Å². The molecule has 0 aromatic heterocycles. The van der Waals surface area contributed by atoms with Gasteiger partial charge in [0, 0.05) is 10.9 Å². The van der Waals surface area contributed by atoms with E-state index in [0.29, 0.717) is 20.9 Å². The quantitative estimate of drug-likeness (QED) is 0.619. The second-order valence-electron chi connectivity index (χ2n) is 3.54. The van der Waals surface area contributed by atoms with Crippen LogP contribution in [0.2, 0.25) is 10.0 Å². The van der Waals surface area contributed by atoms with Crippen LogP contribution in [0.15, 0.2) is 36.4 Å². The number of rotatable bonds is 2. The Hall–Kier alpha value is -0.570. The van der Waals surface area contributed by atoms with Crippen molar-refractivity contribution in [2.75, 3.05) is 0 Å². The normalized spacial score (nSPS) is 10.6. The maximum atomic E-state index is 13.7. The largest absolute Gasteiger partial charge is 0.207 e. The summed E-state index contributed by atoms with van der Waals surface area (Å²) >= 11 is 15.2. The van der Waals surface area contributed by atoms with Crippen molar-refractivity contribution in [1.29, 1.82) is 0 Å². The number of hydrogen-bond acceptors (Lipinski definition) is 0. The number of alkyl halides is 1. The van der Waals surface area contributed by atoms with Crippen molar-refractivity contribution in [3.63, 3.8) is 0 Å². The first-order valence-corrected chi connectivity index (χ1v) is 6.80. The molecule has 0 bridgehead atoms. The van der Waals surface area contributed by atoms with Gasteiger partial charge in [-0.1, -0.05) is 63.4 Å². The molecule has 2 rings (SSSR count). The van der Waals surface area contributed by atoms with Crippen molar-refractivity contribution in [3.05, 3.63) is 57.8 Å². The Morgan fingerprint density at radius 1 is 1.12 bits per heavy atom. The predicted molar refractivity (Wildman–Crippen MR) is 74.5 cm³/mol. The van der Waals surface area contributed by atoms with Crippen LogP contribution in [0, 0.1) is 5.82 Å². The molecular formula is C13H8BrCl2F. The number of benzene rings is 2. The van der Waals surface area contributed by atoms with Gasteiger partial charge in [0.2, 0.25) is 0 Å². The van der Waals surface area contributed by atoms with Crippen LogP contribution < -0.4 is 0 Å². The average molecular weight is 334 g/mol. The van der Waals surface area contributed by atoms with E-state index in [-0.39, 0.29) is 5.82 Å². The van der Waals surface area contributed by atoms with E-state index in [1.54, 1.807) is 18.2 Å². The van der Waals surface area contributed by atoms with Gasteiger partial charge >= 0.3 is 0 Å². The number of halogens is 4. The second-order valence-corrected chi connectivity index (χ2v) is 4.89. The van der Waals surface area contributed by atoms with Crippen LogP contribution in [-0.2, 0) is 5.33 Å². The minimum absolute atomic E-state index is 0.254. The lowest BCUT2D eigenvalue weighted by Gasteiger charge is -2.07. The molecule has 4 heteroatoms. The van der Waals surface area contributed by atoms with Gasteiger partial charge in [0.25, 0.3) is 0 Å². The van der Waals surface area contributed by atoms with Crippen LogP contribution in [0.5, 0.6) is 0 Å². The summed E-state index contributed by atoms with van der Waals surface area (Å²) in [5.74, 6) is -0.254. The summed E-state index contributed by atoms with van der Waals surface area (Å²) in [6.07, 6.45) is 0. The molecule has 0 saturated carbocycles. The van der Waals surface area contributed by atoms with E-state index in [4.69, 9.17) is 23.2 Å². The summed E-state index contributed by atoms with van der Waals surface area (Å²) in [4.78, 5) is 0. The first kappa shape index (κ1) is 12.9. The Kier molecular flexibility index (Phi) is 4.08. The molecule has 0 aliphatic carbocycles. The van der Waals surface area contributed by atoms with Crippen LogP contribution in [0.1, 0.15) is 5.56 Å². The molecule has 0 amide bonds. The summed E-state index contributed by atoms with van der Waals surface area (Å²) in [5.41, 5.74) is 2.07. The lowest BCUT2D eigenvalue weighted by Crippen LogP contribution is -1.88. The van der Waals surface area contributed by atoms with Gasteiger partial charge in [-0.15, -0.1) is 0 Å². The first-order chi connectivity index (χ1) is 8.13. The fraction of sp³-hybridized carbons (Fsp3) is 0.0769. The zero-order valence-electron chi connectivity index (χ0n) is 8.68. The third kappa shape index (κ3) is 2.65. The molecule has 0 saturated heterocycles. The van der Waals surface area contributed by atoms with E-state index in [9.17, 15) is 4.39 Å². The van der Waals surface area contributed by atoms with E-state index in [0.717, 1.165) is 11.1 Å². The fourth-order valence-corrected chi connectivity index (χ4v) is 2.41. The van der Waals surface area contributed by atoms with Crippen molar-refractivity contribution >= 4 is 39.1 Å². The lowest BCUT2D eigenvalue weighted by molar-refractivity contribution is 0.618. The molecule has 0 nitrogen and oxygen atoms in total. The first-order valence-electron chi connectivity index (χ1n) is 4.92. The SMILES string of the molecule is Fc1cc(-c2cccc(Cl)c2Cl)ccc1CBr. The summed E-state index contributed by atoms with van der Waals surface area (Å²) in [7, 11) is 0. The minimum Gasteiger partial charge on any atom is -0.207 e. The van der Waals surface area contributed by atoms with Crippen molar-refractivity contribution in [2.24, 2.45) is 0 Å². The fourth-order valence-electron chi connectivity index (χ4n) is 1.55.